The molecule has 0 spiro atoms. The molecule has 20 heavy (non-hydrogen) atoms. The SMILES string of the molecule is CCOC(=O)CCC(=O)CN1CCC[C@H]2CCCC[C@H]21. The molecule has 1 saturated carbocycles. The number of carbonyl (C=O) groups excluding carboxylic acids is 2. The van der Waals surface area contributed by atoms with E-state index in [0.29, 0.717) is 25.6 Å². The number of Topliss-reactive ketones (excluding diaryl/α,β-unsaturated/α-hetero) is 1. The summed E-state index contributed by atoms with van der Waals surface area (Å²) < 4.78 is 4.86. The van der Waals surface area contributed by atoms with Crippen molar-refractivity contribution in [2.45, 2.75) is 64.3 Å². The zero-order valence-corrected chi connectivity index (χ0v) is 12.6. The number of rotatable bonds is 6. The third-order valence-corrected chi connectivity index (χ3v) is 4.65. The van der Waals surface area contributed by atoms with E-state index >= 15 is 0 Å². The molecular weight excluding hydrogens is 254 g/mol. The van der Waals surface area contributed by atoms with Gasteiger partial charge in [-0.1, -0.05) is 12.8 Å². The lowest BCUT2D eigenvalue weighted by Gasteiger charge is -2.43. The normalized spacial score (nSPS) is 26.9. The van der Waals surface area contributed by atoms with Crippen molar-refractivity contribution in [1.82, 2.24) is 4.90 Å². The van der Waals surface area contributed by atoms with Crippen molar-refractivity contribution < 1.29 is 14.3 Å². The van der Waals surface area contributed by atoms with Gasteiger partial charge in [0.05, 0.1) is 19.6 Å². The summed E-state index contributed by atoms with van der Waals surface area (Å²) in [5.41, 5.74) is 0. The van der Waals surface area contributed by atoms with Crippen molar-refractivity contribution >= 4 is 11.8 Å². The van der Waals surface area contributed by atoms with Gasteiger partial charge in [0.15, 0.2) is 0 Å². The van der Waals surface area contributed by atoms with Gasteiger partial charge in [-0.15, -0.1) is 0 Å². The molecule has 1 aliphatic heterocycles. The number of hydrogen-bond acceptors (Lipinski definition) is 4. The molecule has 2 atom stereocenters. The summed E-state index contributed by atoms with van der Waals surface area (Å²) in [5.74, 6) is 0.731. The fraction of sp³-hybridized carbons (Fsp3) is 0.875. The third kappa shape index (κ3) is 4.30. The molecule has 4 heteroatoms. The smallest absolute Gasteiger partial charge is 0.306 e. The van der Waals surface area contributed by atoms with E-state index in [1.165, 1.54) is 38.5 Å². The van der Waals surface area contributed by atoms with Gasteiger partial charge in [-0.25, -0.2) is 0 Å². The second-order valence-corrected chi connectivity index (χ2v) is 6.07. The second-order valence-electron chi connectivity index (χ2n) is 6.07. The fourth-order valence-electron chi connectivity index (χ4n) is 3.70. The van der Waals surface area contributed by atoms with Crippen molar-refractivity contribution in [1.29, 1.82) is 0 Å². The lowest BCUT2D eigenvalue weighted by molar-refractivity contribution is -0.144. The van der Waals surface area contributed by atoms with E-state index < -0.39 is 0 Å². The van der Waals surface area contributed by atoms with Crippen LogP contribution >= 0.6 is 0 Å². The first-order chi connectivity index (χ1) is 9.70. The molecule has 0 unspecified atom stereocenters. The highest BCUT2D eigenvalue weighted by atomic mass is 16.5. The van der Waals surface area contributed by atoms with E-state index in [1.54, 1.807) is 6.92 Å². The first-order valence-corrected chi connectivity index (χ1v) is 8.12. The predicted octanol–water partition coefficient (Wildman–Crippen LogP) is 2.55. The van der Waals surface area contributed by atoms with Gasteiger partial charge in [-0.05, 0) is 45.1 Å². The van der Waals surface area contributed by atoms with Crippen LogP contribution in [0.25, 0.3) is 0 Å². The second kappa shape index (κ2) is 7.77. The highest BCUT2D eigenvalue weighted by molar-refractivity contribution is 5.84. The Bertz CT molecular complexity index is 341. The average molecular weight is 281 g/mol. The Morgan fingerprint density at radius 1 is 1.10 bits per heavy atom. The van der Waals surface area contributed by atoms with Crippen molar-refractivity contribution in [2.24, 2.45) is 5.92 Å². The van der Waals surface area contributed by atoms with Crippen LogP contribution in [-0.4, -0.2) is 42.4 Å². The number of ketones is 1. The molecule has 2 fully saturated rings. The van der Waals surface area contributed by atoms with Crippen molar-refractivity contribution in [3.63, 3.8) is 0 Å². The molecule has 1 heterocycles. The Morgan fingerprint density at radius 2 is 1.85 bits per heavy atom. The van der Waals surface area contributed by atoms with Gasteiger partial charge < -0.3 is 4.74 Å². The molecule has 0 N–H and O–H groups in total. The Hall–Kier alpha value is -0.900. The van der Waals surface area contributed by atoms with Gasteiger partial charge in [0.1, 0.15) is 5.78 Å². The number of piperidine rings is 1. The minimum atomic E-state index is -0.255. The predicted molar refractivity (Wildman–Crippen MR) is 77.4 cm³/mol. The van der Waals surface area contributed by atoms with Crippen molar-refractivity contribution in [3.8, 4) is 0 Å². The quantitative estimate of drug-likeness (QED) is 0.702. The van der Waals surface area contributed by atoms with Crippen LogP contribution in [0.15, 0.2) is 0 Å². The number of hydrogen-bond donors (Lipinski definition) is 0. The molecule has 1 aliphatic carbocycles. The van der Waals surface area contributed by atoms with Crippen LogP contribution in [0.3, 0.4) is 0 Å². The van der Waals surface area contributed by atoms with E-state index in [4.69, 9.17) is 4.74 Å². The van der Waals surface area contributed by atoms with E-state index in [-0.39, 0.29) is 18.2 Å². The highest BCUT2D eigenvalue weighted by Gasteiger charge is 2.33. The summed E-state index contributed by atoms with van der Waals surface area (Å²) in [5, 5.41) is 0. The van der Waals surface area contributed by atoms with Crippen LogP contribution in [0.5, 0.6) is 0 Å². The average Bonchev–Trinajstić information content (AvgIpc) is 2.46. The molecule has 0 aromatic carbocycles. The maximum atomic E-state index is 12.0. The van der Waals surface area contributed by atoms with E-state index in [0.717, 1.165) is 12.5 Å². The van der Waals surface area contributed by atoms with Gasteiger partial charge in [0, 0.05) is 12.5 Å². The van der Waals surface area contributed by atoms with Gasteiger partial charge in [-0.2, -0.15) is 0 Å². The van der Waals surface area contributed by atoms with E-state index in [9.17, 15) is 9.59 Å². The number of nitrogens with zero attached hydrogens (tertiary/aromatic N) is 1. The highest BCUT2D eigenvalue weighted by Crippen LogP contribution is 2.35. The van der Waals surface area contributed by atoms with Crippen molar-refractivity contribution in [3.05, 3.63) is 0 Å². The van der Waals surface area contributed by atoms with Gasteiger partial charge >= 0.3 is 5.97 Å². The largest absolute Gasteiger partial charge is 0.466 e. The van der Waals surface area contributed by atoms with Crippen LogP contribution in [0.2, 0.25) is 0 Å². The molecule has 0 aromatic heterocycles. The number of ether oxygens (including phenoxy) is 1. The lowest BCUT2D eigenvalue weighted by atomic mass is 9.78. The van der Waals surface area contributed by atoms with Crippen molar-refractivity contribution in [2.75, 3.05) is 19.7 Å². The molecular formula is C16H27NO3. The van der Waals surface area contributed by atoms with Crippen LogP contribution in [0.1, 0.15) is 58.3 Å². The number of carbonyl (C=O) groups is 2. The molecule has 114 valence electrons. The third-order valence-electron chi connectivity index (χ3n) is 4.65. The molecule has 0 bridgehead atoms. The molecule has 0 radical (unpaired) electrons. The Kier molecular flexibility index (Phi) is 6.02. The number of fused-ring (bicyclic) bond motifs is 1. The minimum Gasteiger partial charge on any atom is -0.466 e. The summed E-state index contributed by atoms with van der Waals surface area (Å²) in [6, 6.07) is 0.615. The molecule has 2 aliphatic rings. The topological polar surface area (TPSA) is 46.6 Å². The monoisotopic (exact) mass is 281 g/mol. The molecule has 2 rings (SSSR count). The zero-order chi connectivity index (χ0) is 14.4. The summed E-state index contributed by atoms with van der Waals surface area (Å²) in [4.78, 5) is 25.7. The summed E-state index contributed by atoms with van der Waals surface area (Å²) >= 11 is 0. The minimum absolute atomic E-state index is 0.185. The van der Waals surface area contributed by atoms with E-state index in [2.05, 4.69) is 4.90 Å². The van der Waals surface area contributed by atoms with Crippen LogP contribution in [0.4, 0.5) is 0 Å². The maximum absolute atomic E-state index is 12.0. The lowest BCUT2D eigenvalue weighted by Crippen LogP contribution is -2.48. The first kappa shape index (κ1) is 15.5. The van der Waals surface area contributed by atoms with Crippen LogP contribution < -0.4 is 0 Å². The Labute approximate surface area is 121 Å². The van der Waals surface area contributed by atoms with Crippen LogP contribution in [0, 0.1) is 5.92 Å². The summed E-state index contributed by atoms with van der Waals surface area (Å²) in [6.07, 6.45) is 8.33. The maximum Gasteiger partial charge on any atom is 0.306 e. The Balaban J connectivity index is 1.76. The fourth-order valence-corrected chi connectivity index (χ4v) is 3.70. The molecule has 0 amide bonds. The molecule has 0 aromatic rings. The van der Waals surface area contributed by atoms with Gasteiger partial charge in [0.2, 0.25) is 0 Å². The summed E-state index contributed by atoms with van der Waals surface area (Å²) in [7, 11) is 0. The van der Waals surface area contributed by atoms with Gasteiger partial charge in [0.25, 0.3) is 0 Å². The molecule has 4 nitrogen and oxygen atoms in total. The molecule has 1 saturated heterocycles. The number of likely N-dealkylation sites (tertiary alicyclic amines) is 1. The zero-order valence-electron chi connectivity index (χ0n) is 12.6. The number of esters is 1. The Morgan fingerprint density at radius 3 is 2.65 bits per heavy atom. The first-order valence-electron chi connectivity index (χ1n) is 8.12. The standard InChI is InChI=1S/C16H27NO3/c1-2-20-16(19)10-9-14(18)12-17-11-5-7-13-6-3-4-8-15(13)17/h13,15H,2-12H2,1H3/t13-,15-/m1/s1. The van der Waals surface area contributed by atoms with Crippen LogP contribution in [-0.2, 0) is 14.3 Å². The van der Waals surface area contributed by atoms with Gasteiger partial charge in [-0.3, -0.25) is 14.5 Å². The van der Waals surface area contributed by atoms with E-state index in [1.807, 2.05) is 0 Å². The summed E-state index contributed by atoms with van der Waals surface area (Å²) in [6.45, 7) is 3.76.